The molecule has 0 aliphatic carbocycles. The van der Waals surface area contributed by atoms with Gasteiger partial charge in [-0.1, -0.05) is 0 Å². The lowest BCUT2D eigenvalue weighted by molar-refractivity contribution is 0.0598. The van der Waals surface area contributed by atoms with Crippen molar-refractivity contribution in [3.05, 3.63) is 29.5 Å². The number of nitrogens with zero attached hydrogens (tertiary/aromatic N) is 1. The van der Waals surface area contributed by atoms with Gasteiger partial charge in [0, 0.05) is 23.3 Å². The number of rotatable bonds is 3. The molecule has 1 aromatic heterocycles. The van der Waals surface area contributed by atoms with Crippen LogP contribution in [0, 0.1) is 6.92 Å². The average Bonchev–Trinajstić information content (AvgIpc) is 2.81. The van der Waals surface area contributed by atoms with Crippen LogP contribution in [0.4, 0.5) is 10.5 Å². The second-order valence-corrected chi connectivity index (χ2v) is 7.35. The van der Waals surface area contributed by atoms with Gasteiger partial charge in [0.25, 0.3) is 0 Å². The van der Waals surface area contributed by atoms with Gasteiger partial charge in [-0.15, -0.1) is 0 Å². The van der Waals surface area contributed by atoms with Crippen LogP contribution in [0.1, 0.15) is 56.6 Å². The molecule has 0 unspecified atom stereocenters. The Morgan fingerprint density at radius 1 is 1.20 bits per heavy atom. The number of benzene rings is 1. The van der Waals surface area contributed by atoms with E-state index in [1.807, 2.05) is 19.2 Å². The zero-order chi connectivity index (χ0) is 18.9. The van der Waals surface area contributed by atoms with Gasteiger partial charge in [0.2, 0.25) is 0 Å². The third-order valence-corrected chi connectivity index (χ3v) is 3.73. The van der Waals surface area contributed by atoms with Gasteiger partial charge < -0.3 is 14.0 Å². The number of aryl methyl sites for hydroxylation is 1. The van der Waals surface area contributed by atoms with Crippen LogP contribution in [0.3, 0.4) is 0 Å². The van der Waals surface area contributed by atoms with E-state index in [1.165, 1.54) is 7.11 Å². The molecule has 0 radical (unpaired) electrons. The van der Waals surface area contributed by atoms with Gasteiger partial charge in [0.1, 0.15) is 5.60 Å². The van der Waals surface area contributed by atoms with Crippen molar-refractivity contribution in [1.82, 2.24) is 4.57 Å². The Kier molecular flexibility index (Phi) is 5.11. The third kappa shape index (κ3) is 4.13. The Balaban J connectivity index is 2.57. The molecule has 6 heteroatoms. The highest BCUT2D eigenvalue weighted by atomic mass is 16.6. The Morgan fingerprint density at radius 3 is 2.36 bits per heavy atom. The summed E-state index contributed by atoms with van der Waals surface area (Å²) in [4.78, 5) is 24.3. The van der Waals surface area contributed by atoms with E-state index in [9.17, 15) is 9.59 Å². The number of hydrogen-bond donors (Lipinski definition) is 1. The molecule has 0 bridgehead atoms. The highest BCUT2D eigenvalue weighted by Crippen LogP contribution is 2.31. The van der Waals surface area contributed by atoms with Crippen molar-refractivity contribution in [1.29, 1.82) is 0 Å². The predicted molar refractivity (Wildman–Crippen MR) is 98.3 cm³/mol. The zero-order valence-electron chi connectivity index (χ0n) is 15.9. The van der Waals surface area contributed by atoms with E-state index in [0.717, 1.165) is 16.5 Å². The summed E-state index contributed by atoms with van der Waals surface area (Å²) >= 11 is 0. The quantitative estimate of drug-likeness (QED) is 0.820. The number of carbonyl (C=O) groups excluding carboxylic acids is 2. The number of carbonyl (C=O) groups is 2. The van der Waals surface area contributed by atoms with Crippen LogP contribution in [-0.4, -0.2) is 29.3 Å². The predicted octanol–water partition coefficient (Wildman–Crippen LogP) is 4.66. The van der Waals surface area contributed by atoms with Gasteiger partial charge in [0.05, 0.1) is 18.2 Å². The molecule has 0 saturated carbocycles. The van der Waals surface area contributed by atoms with Crippen LogP contribution in [0.5, 0.6) is 0 Å². The lowest BCUT2D eigenvalue weighted by atomic mass is 10.1. The molecule has 1 heterocycles. The van der Waals surface area contributed by atoms with Gasteiger partial charge in [-0.3, -0.25) is 5.32 Å². The fourth-order valence-electron chi connectivity index (χ4n) is 2.78. The second-order valence-electron chi connectivity index (χ2n) is 7.35. The van der Waals surface area contributed by atoms with Crippen molar-refractivity contribution in [3.8, 4) is 0 Å². The lowest BCUT2D eigenvalue weighted by Crippen LogP contribution is -2.27. The molecule has 2 rings (SSSR count). The second kappa shape index (κ2) is 6.78. The maximum Gasteiger partial charge on any atom is 0.412 e. The highest BCUT2D eigenvalue weighted by molar-refractivity contribution is 6.07. The molecular formula is C19H26N2O4. The Bertz CT molecular complexity index is 813. The number of methoxy groups -OCH3 is 1. The standard InChI is InChI=1S/C19H26N2O4/c1-11(2)21-10-12(3)16-14(17(22)24-7)8-13(9-15(16)21)20-18(23)25-19(4,5)6/h8-11H,1-7H3,(H,20,23). The molecule has 1 aromatic carbocycles. The van der Waals surface area contributed by atoms with E-state index in [-0.39, 0.29) is 6.04 Å². The van der Waals surface area contributed by atoms with Crippen molar-refractivity contribution in [2.45, 2.75) is 53.2 Å². The first-order valence-corrected chi connectivity index (χ1v) is 8.27. The molecular weight excluding hydrogens is 320 g/mol. The smallest absolute Gasteiger partial charge is 0.412 e. The fraction of sp³-hybridized carbons (Fsp3) is 0.474. The first-order chi connectivity index (χ1) is 11.5. The summed E-state index contributed by atoms with van der Waals surface area (Å²) in [5.41, 5.74) is 2.15. The number of fused-ring (bicyclic) bond motifs is 1. The van der Waals surface area contributed by atoms with Crippen molar-refractivity contribution in [3.63, 3.8) is 0 Å². The van der Waals surface area contributed by atoms with Crippen molar-refractivity contribution in [2.24, 2.45) is 0 Å². The molecule has 0 saturated heterocycles. The van der Waals surface area contributed by atoms with Gasteiger partial charge in [-0.05, 0) is 59.2 Å². The maximum atomic E-state index is 12.3. The topological polar surface area (TPSA) is 69.6 Å². The van der Waals surface area contributed by atoms with Crippen molar-refractivity contribution >= 4 is 28.7 Å². The van der Waals surface area contributed by atoms with Gasteiger partial charge in [-0.2, -0.15) is 0 Å². The first-order valence-electron chi connectivity index (χ1n) is 8.27. The largest absolute Gasteiger partial charge is 0.465 e. The summed E-state index contributed by atoms with van der Waals surface area (Å²) in [6.45, 7) is 11.5. The summed E-state index contributed by atoms with van der Waals surface area (Å²) in [5.74, 6) is -0.442. The van der Waals surface area contributed by atoms with Gasteiger partial charge in [-0.25, -0.2) is 9.59 Å². The van der Waals surface area contributed by atoms with Crippen LogP contribution in [0.2, 0.25) is 0 Å². The number of aromatic nitrogens is 1. The molecule has 1 amide bonds. The van der Waals surface area contributed by atoms with Gasteiger partial charge >= 0.3 is 12.1 Å². The summed E-state index contributed by atoms with van der Waals surface area (Å²) in [6, 6.07) is 3.67. The van der Waals surface area contributed by atoms with E-state index in [4.69, 9.17) is 9.47 Å². The third-order valence-electron chi connectivity index (χ3n) is 3.73. The molecule has 0 fully saturated rings. The van der Waals surface area contributed by atoms with Crippen LogP contribution in [0.25, 0.3) is 10.9 Å². The number of esters is 1. The first kappa shape index (κ1) is 18.8. The van der Waals surface area contributed by atoms with Crippen LogP contribution in [0.15, 0.2) is 18.3 Å². The summed E-state index contributed by atoms with van der Waals surface area (Å²) in [6.07, 6.45) is 1.43. The summed E-state index contributed by atoms with van der Waals surface area (Å²) in [7, 11) is 1.34. The van der Waals surface area contributed by atoms with Crippen molar-refractivity contribution in [2.75, 3.05) is 12.4 Å². The van der Waals surface area contributed by atoms with E-state index in [2.05, 4.69) is 23.7 Å². The van der Waals surface area contributed by atoms with Crippen molar-refractivity contribution < 1.29 is 19.1 Å². The van der Waals surface area contributed by atoms with Crippen LogP contribution < -0.4 is 5.32 Å². The molecule has 25 heavy (non-hydrogen) atoms. The summed E-state index contributed by atoms with van der Waals surface area (Å²) < 4.78 is 12.3. The lowest BCUT2D eigenvalue weighted by Gasteiger charge is -2.20. The normalized spacial score (nSPS) is 11.7. The molecule has 0 atom stereocenters. The number of hydrogen-bond acceptors (Lipinski definition) is 4. The van der Waals surface area contributed by atoms with E-state index >= 15 is 0 Å². The average molecular weight is 346 g/mol. The SMILES string of the molecule is COC(=O)c1cc(NC(=O)OC(C)(C)C)cc2c1c(C)cn2C(C)C. The molecule has 0 spiro atoms. The maximum absolute atomic E-state index is 12.3. The number of amides is 1. The number of anilines is 1. The minimum Gasteiger partial charge on any atom is -0.465 e. The Labute approximate surface area is 148 Å². The minimum absolute atomic E-state index is 0.207. The van der Waals surface area contributed by atoms with Crippen LogP contribution in [-0.2, 0) is 9.47 Å². The fourth-order valence-corrected chi connectivity index (χ4v) is 2.78. The molecule has 0 aliphatic rings. The Hall–Kier alpha value is -2.50. The van der Waals surface area contributed by atoms with E-state index in [1.54, 1.807) is 26.8 Å². The van der Waals surface area contributed by atoms with E-state index in [0.29, 0.717) is 11.3 Å². The highest BCUT2D eigenvalue weighted by Gasteiger charge is 2.21. The number of ether oxygens (including phenoxy) is 2. The number of nitrogens with one attached hydrogen (secondary N) is 1. The Morgan fingerprint density at radius 2 is 1.84 bits per heavy atom. The molecule has 0 aliphatic heterocycles. The van der Waals surface area contributed by atoms with E-state index < -0.39 is 17.7 Å². The monoisotopic (exact) mass is 346 g/mol. The summed E-state index contributed by atoms with van der Waals surface area (Å²) in [5, 5.41) is 3.53. The molecule has 6 nitrogen and oxygen atoms in total. The van der Waals surface area contributed by atoms with Gasteiger partial charge in [0.15, 0.2) is 0 Å². The zero-order valence-corrected chi connectivity index (χ0v) is 15.9. The molecule has 2 aromatic rings. The molecule has 1 N–H and O–H groups in total. The van der Waals surface area contributed by atoms with Crippen LogP contribution >= 0.6 is 0 Å². The minimum atomic E-state index is -0.603. The molecule has 136 valence electrons.